The number of unbranched alkanes of at least 4 members (excludes halogenated alkanes) is 3. The zero-order chi connectivity index (χ0) is 30.3. The summed E-state index contributed by atoms with van der Waals surface area (Å²) in [5.74, 6) is 0.179. The molecule has 1 amide bonds. The van der Waals surface area contributed by atoms with Crippen LogP contribution in [0, 0.1) is 0 Å². The first-order chi connectivity index (χ1) is 19.9. The summed E-state index contributed by atoms with van der Waals surface area (Å²) in [4.78, 5) is 18.1. The zero-order valence-electron chi connectivity index (χ0n) is 24.0. The van der Waals surface area contributed by atoms with Gasteiger partial charge in [-0.1, -0.05) is 43.2 Å². The molecule has 0 fully saturated rings. The lowest BCUT2D eigenvalue weighted by atomic mass is 10.0. The fraction of sp³-hybridized carbons (Fsp3) is 0.310. The van der Waals surface area contributed by atoms with E-state index in [1.54, 1.807) is 30.3 Å². The van der Waals surface area contributed by atoms with Gasteiger partial charge in [-0.2, -0.15) is 8.42 Å². The van der Waals surface area contributed by atoms with Gasteiger partial charge in [0.25, 0.3) is 16.0 Å². The second-order valence-corrected chi connectivity index (χ2v) is 13.2. The third-order valence-electron chi connectivity index (χ3n) is 6.37. The van der Waals surface area contributed by atoms with Crippen molar-refractivity contribution in [3.05, 3.63) is 66.2 Å². The van der Waals surface area contributed by atoms with Crippen molar-refractivity contribution in [1.82, 2.24) is 10.3 Å². The highest BCUT2D eigenvalue weighted by Crippen LogP contribution is 2.38. The van der Waals surface area contributed by atoms with Crippen LogP contribution in [0.1, 0.15) is 36.0 Å². The molecule has 0 spiro atoms. The van der Waals surface area contributed by atoms with Crippen LogP contribution in [0.5, 0.6) is 5.75 Å². The third-order valence-corrected chi connectivity index (χ3v) is 7.58. The highest BCUT2D eigenvalue weighted by molar-refractivity contribution is 7.92. The zero-order valence-corrected chi connectivity index (χ0v) is 26.5. The molecule has 4 rings (SSSR count). The normalized spacial score (nSPS) is 11.6. The summed E-state index contributed by atoms with van der Waals surface area (Å²) in [6.45, 7) is 0.622. The van der Waals surface area contributed by atoms with E-state index in [0.29, 0.717) is 46.7 Å². The Labute approximate surface area is 258 Å². The number of methoxy groups -OCH3 is 1. The van der Waals surface area contributed by atoms with E-state index in [0.717, 1.165) is 48.2 Å². The maximum atomic E-state index is 13.2. The first-order valence-corrected chi connectivity index (χ1v) is 17.0. The quantitative estimate of drug-likeness (QED) is 0.0949. The van der Waals surface area contributed by atoms with Gasteiger partial charge >= 0.3 is 0 Å². The van der Waals surface area contributed by atoms with Crippen LogP contribution in [0.4, 0.5) is 17.1 Å². The summed E-state index contributed by atoms with van der Waals surface area (Å²) in [5, 5.41) is 7.96. The summed E-state index contributed by atoms with van der Waals surface area (Å²) in [7, 11) is -5.39. The lowest BCUT2D eigenvalue weighted by molar-refractivity contribution is 0.0954. The molecule has 0 unspecified atom stereocenters. The lowest BCUT2D eigenvalue weighted by Gasteiger charge is -2.17. The van der Waals surface area contributed by atoms with E-state index in [2.05, 4.69) is 15.4 Å². The number of ether oxygens (including phenoxy) is 1. The van der Waals surface area contributed by atoms with Crippen molar-refractivity contribution < 1.29 is 30.6 Å². The third kappa shape index (κ3) is 9.42. The second kappa shape index (κ2) is 14.7. The number of anilines is 3. The molecule has 232 valence electrons. The van der Waals surface area contributed by atoms with E-state index in [1.807, 2.05) is 30.3 Å². The van der Waals surface area contributed by atoms with E-state index in [4.69, 9.17) is 13.9 Å². The van der Waals surface area contributed by atoms with E-state index in [1.165, 1.54) is 7.11 Å². The lowest BCUT2D eigenvalue weighted by Crippen LogP contribution is -2.24. The number of hydrogen-bond acceptors (Lipinski definition) is 9. The van der Waals surface area contributed by atoms with Gasteiger partial charge in [-0.15, -0.1) is 12.4 Å². The Bertz CT molecular complexity index is 1820. The van der Waals surface area contributed by atoms with Gasteiger partial charge in [0.1, 0.15) is 5.75 Å². The minimum atomic E-state index is -3.46. The van der Waals surface area contributed by atoms with Gasteiger partial charge in [-0.25, -0.2) is 13.4 Å². The molecular formula is C29H35ClN4O7S2. The molecule has 4 aromatic rings. The topological polar surface area (TPSA) is 153 Å². The molecule has 43 heavy (non-hydrogen) atoms. The molecule has 0 saturated heterocycles. The SMILES string of the molecule is COc1cc(NS(C)(=O)=O)ccc1Nc1c2ccccc2nc2c(C(=O)NCCCCCCOS(C)(=O)=O)cccc12.Cl. The summed E-state index contributed by atoms with van der Waals surface area (Å²) < 4.78 is 58.2. The molecule has 0 saturated carbocycles. The van der Waals surface area contributed by atoms with Crippen LogP contribution < -0.4 is 20.1 Å². The summed E-state index contributed by atoms with van der Waals surface area (Å²) >= 11 is 0. The number of nitrogens with zero attached hydrogens (tertiary/aromatic N) is 1. The van der Waals surface area contributed by atoms with Crippen LogP contribution in [0.3, 0.4) is 0 Å². The first kappa shape index (κ1) is 33.8. The molecule has 0 aliphatic heterocycles. The number of halogens is 1. The molecule has 14 heteroatoms. The monoisotopic (exact) mass is 650 g/mol. The fourth-order valence-electron chi connectivity index (χ4n) is 4.53. The Morgan fingerprint density at radius 1 is 0.884 bits per heavy atom. The maximum absolute atomic E-state index is 13.2. The van der Waals surface area contributed by atoms with Gasteiger partial charge < -0.3 is 15.4 Å². The highest BCUT2D eigenvalue weighted by Gasteiger charge is 2.17. The molecule has 3 aromatic carbocycles. The number of sulfonamides is 1. The van der Waals surface area contributed by atoms with E-state index >= 15 is 0 Å². The van der Waals surface area contributed by atoms with Crippen molar-refractivity contribution in [1.29, 1.82) is 0 Å². The number of aromatic nitrogens is 1. The maximum Gasteiger partial charge on any atom is 0.264 e. The number of nitrogens with one attached hydrogen (secondary N) is 3. The molecular weight excluding hydrogens is 616 g/mol. The van der Waals surface area contributed by atoms with Gasteiger partial charge in [0.15, 0.2) is 0 Å². The first-order valence-electron chi connectivity index (χ1n) is 13.3. The summed E-state index contributed by atoms with van der Waals surface area (Å²) in [6, 6.07) is 18.0. The van der Waals surface area contributed by atoms with Gasteiger partial charge in [0.05, 0.1) is 59.9 Å². The average molecular weight is 651 g/mol. The van der Waals surface area contributed by atoms with Crippen molar-refractivity contribution in [2.75, 3.05) is 42.8 Å². The molecule has 1 heterocycles. The van der Waals surface area contributed by atoms with E-state index in [9.17, 15) is 21.6 Å². The molecule has 0 atom stereocenters. The average Bonchev–Trinajstić information content (AvgIpc) is 2.93. The number of pyridine rings is 1. The molecule has 0 bridgehead atoms. The molecule has 11 nitrogen and oxygen atoms in total. The van der Waals surface area contributed by atoms with Crippen LogP contribution >= 0.6 is 12.4 Å². The molecule has 0 radical (unpaired) electrons. The van der Waals surface area contributed by atoms with Crippen LogP contribution in [0.25, 0.3) is 21.8 Å². The molecule has 0 aliphatic rings. The summed E-state index contributed by atoms with van der Waals surface area (Å²) in [6.07, 6.45) is 5.08. The Hall–Kier alpha value is -3.65. The van der Waals surface area contributed by atoms with Crippen molar-refractivity contribution in [2.24, 2.45) is 0 Å². The van der Waals surface area contributed by atoms with Crippen LogP contribution in [-0.2, 0) is 24.3 Å². The van der Waals surface area contributed by atoms with Crippen molar-refractivity contribution >= 4 is 77.3 Å². The summed E-state index contributed by atoms with van der Waals surface area (Å²) in [5.41, 5.74) is 3.35. The Morgan fingerprint density at radius 2 is 1.60 bits per heavy atom. The highest BCUT2D eigenvalue weighted by atomic mass is 35.5. The largest absolute Gasteiger partial charge is 0.494 e. The van der Waals surface area contributed by atoms with Crippen LogP contribution in [-0.4, -0.2) is 60.5 Å². The van der Waals surface area contributed by atoms with Crippen LogP contribution in [0.15, 0.2) is 60.7 Å². The fourth-order valence-corrected chi connectivity index (χ4v) is 5.50. The number of para-hydroxylation sites is 2. The van der Waals surface area contributed by atoms with Crippen molar-refractivity contribution in [3.63, 3.8) is 0 Å². The number of rotatable bonds is 14. The number of fused-ring (bicyclic) bond motifs is 2. The predicted molar refractivity (Wildman–Crippen MR) is 173 cm³/mol. The molecule has 0 aliphatic carbocycles. The van der Waals surface area contributed by atoms with Gasteiger partial charge in [-0.3, -0.25) is 13.7 Å². The minimum absolute atomic E-state index is 0. The Kier molecular flexibility index (Phi) is 11.6. The Balaban J connectivity index is 0.00000506. The number of amides is 1. The van der Waals surface area contributed by atoms with Crippen LogP contribution in [0.2, 0.25) is 0 Å². The predicted octanol–water partition coefficient (Wildman–Crippen LogP) is 5.20. The number of carbonyl (C=O) groups excluding carboxylic acids is 1. The van der Waals surface area contributed by atoms with Crippen molar-refractivity contribution in [3.8, 4) is 5.75 Å². The minimum Gasteiger partial charge on any atom is -0.494 e. The van der Waals surface area contributed by atoms with Gasteiger partial charge in [0, 0.05) is 23.4 Å². The van der Waals surface area contributed by atoms with E-state index < -0.39 is 20.1 Å². The second-order valence-electron chi connectivity index (χ2n) is 9.82. The van der Waals surface area contributed by atoms with E-state index in [-0.39, 0.29) is 24.9 Å². The van der Waals surface area contributed by atoms with Gasteiger partial charge in [0.2, 0.25) is 10.0 Å². The molecule has 3 N–H and O–H groups in total. The number of hydrogen-bond donors (Lipinski definition) is 3. The van der Waals surface area contributed by atoms with Gasteiger partial charge in [-0.05, 0) is 37.1 Å². The number of carbonyl (C=O) groups is 1. The smallest absolute Gasteiger partial charge is 0.264 e. The standard InChI is InChI=1S/C29H34N4O7S2.ClH/c1-39-26-19-20(33-41(2,35)36)15-16-25(26)32-27-21-11-6-7-14-24(21)31-28-22(27)12-10-13-23(28)29(34)30-17-8-4-5-9-18-40-42(3,37)38;/h6-7,10-16,19,33H,4-5,8-9,17-18H2,1-3H3,(H,30,34)(H,31,32);1H. The Morgan fingerprint density at radius 3 is 2.33 bits per heavy atom. The number of benzene rings is 3. The van der Waals surface area contributed by atoms with Crippen molar-refractivity contribution in [2.45, 2.75) is 25.7 Å². The molecule has 1 aromatic heterocycles.